The van der Waals surface area contributed by atoms with Gasteiger partial charge >= 0.3 is 0 Å². The number of rotatable bonds is 9. The third-order valence-corrected chi connectivity index (χ3v) is 6.96. The van der Waals surface area contributed by atoms with Crippen LogP contribution in [0.2, 0.25) is 0 Å². The van der Waals surface area contributed by atoms with Crippen LogP contribution in [0, 0.1) is 4.77 Å². The second kappa shape index (κ2) is 10.5. The lowest BCUT2D eigenvalue weighted by Crippen LogP contribution is -2.42. The fourth-order valence-electron chi connectivity index (χ4n) is 4.67. The first-order valence-electron chi connectivity index (χ1n) is 11.8. The third kappa shape index (κ3) is 5.30. The quantitative estimate of drug-likeness (QED) is 0.327. The van der Waals surface area contributed by atoms with E-state index in [0.29, 0.717) is 54.2 Å². The summed E-state index contributed by atoms with van der Waals surface area (Å²) < 4.78 is 7.25. The maximum Gasteiger partial charge on any atom is 0.278 e. The van der Waals surface area contributed by atoms with Gasteiger partial charge in [-0.05, 0) is 69.6 Å². The summed E-state index contributed by atoms with van der Waals surface area (Å²) in [6.45, 7) is 5.46. The monoisotopic (exact) mass is 471 g/mol. The highest BCUT2D eigenvalue weighted by molar-refractivity contribution is 7.71. The number of hydrogen-bond acceptors (Lipinski definition) is 5. The summed E-state index contributed by atoms with van der Waals surface area (Å²) in [5.41, 5.74) is 1.89. The van der Waals surface area contributed by atoms with Gasteiger partial charge in [-0.2, -0.15) is 0 Å². The molecule has 4 rings (SSSR count). The van der Waals surface area contributed by atoms with Crippen molar-refractivity contribution in [3.05, 3.63) is 33.3 Å². The van der Waals surface area contributed by atoms with Crippen LogP contribution in [0.4, 0.5) is 0 Å². The Hall–Kier alpha value is -2.65. The number of aromatic amines is 2. The topological polar surface area (TPSA) is 95.2 Å². The minimum Gasteiger partial charge on any atom is -0.497 e. The molecule has 33 heavy (non-hydrogen) atoms. The average molecular weight is 472 g/mol. The van der Waals surface area contributed by atoms with Gasteiger partial charge in [0.15, 0.2) is 4.77 Å². The molecule has 1 aliphatic heterocycles. The van der Waals surface area contributed by atoms with Crippen molar-refractivity contribution in [3.8, 4) is 5.75 Å². The second-order valence-electron chi connectivity index (χ2n) is 8.86. The van der Waals surface area contributed by atoms with Gasteiger partial charge in [-0.15, -0.1) is 0 Å². The van der Waals surface area contributed by atoms with E-state index < -0.39 is 0 Å². The maximum atomic E-state index is 13.0. The summed E-state index contributed by atoms with van der Waals surface area (Å²) in [5, 5.41) is 3.90. The Kier molecular flexibility index (Phi) is 7.49. The van der Waals surface area contributed by atoms with Crippen molar-refractivity contribution >= 4 is 40.1 Å². The number of H-pyrrole nitrogens is 2. The van der Waals surface area contributed by atoms with Crippen molar-refractivity contribution in [1.82, 2.24) is 24.8 Å². The minimum absolute atomic E-state index is 0.0668. The van der Waals surface area contributed by atoms with Gasteiger partial charge in [0.1, 0.15) is 11.3 Å². The Bertz CT molecular complexity index is 1240. The van der Waals surface area contributed by atoms with Gasteiger partial charge in [0.2, 0.25) is 5.91 Å². The molecule has 3 N–H and O–H groups in total. The Balaban J connectivity index is 1.31. The SMILES string of the molecule is COc1ccc2[nH]c3c(=O)n(CCCCC(=O)NCCN4CCCC[C@@H]4C)c(=S)[nH]c3c2c1. The van der Waals surface area contributed by atoms with E-state index in [4.69, 9.17) is 17.0 Å². The zero-order valence-corrected chi connectivity index (χ0v) is 20.2. The Morgan fingerprint density at radius 1 is 1.21 bits per heavy atom. The fourth-order valence-corrected chi connectivity index (χ4v) is 4.94. The van der Waals surface area contributed by atoms with Crippen LogP contribution in [0.25, 0.3) is 21.9 Å². The number of aromatic nitrogens is 3. The lowest BCUT2D eigenvalue weighted by molar-refractivity contribution is -0.121. The number of likely N-dealkylation sites (tertiary alicyclic amines) is 1. The molecule has 1 saturated heterocycles. The molecule has 2 aromatic heterocycles. The van der Waals surface area contributed by atoms with E-state index in [1.165, 1.54) is 19.3 Å². The average Bonchev–Trinajstić information content (AvgIpc) is 3.17. The summed E-state index contributed by atoms with van der Waals surface area (Å²) in [4.78, 5) is 34.1. The Morgan fingerprint density at radius 3 is 2.85 bits per heavy atom. The van der Waals surface area contributed by atoms with Crippen LogP contribution >= 0.6 is 12.2 Å². The maximum absolute atomic E-state index is 13.0. The molecule has 1 amide bonds. The number of nitrogens with zero attached hydrogens (tertiary/aromatic N) is 2. The molecule has 1 aromatic carbocycles. The van der Waals surface area contributed by atoms with E-state index in [1.54, 1.807) is 11.7 Å². The number of hydrogen-bond donors (Lipinski definition) is 3. The van der Waals surface area contributed by atoms with E-state index in [-0.39, 0.29) is 11.5 Å². The Morgan fingerprint density at radius 2 is 2.06 bits per heavy atom. The number of benzene rings is 1. The molecule has 3 heterocycles. The number of amides is 1. The van der Waals surface area contributed by atoms with Crippen molar-refractivity contribution in [2.24, 2.45) is 0 Å². The van der Waals surface area contributed by atoms with Gasteiger partial charge < -0.3 is 20.0 Å². The van der Waals surface area contributed by atoms with E-state index in [1.807, 2.05) is 18.2 Å². The van der Waals surface area contributed by atoms with Gasteiger partial charge in [0.05, 0.1) is 12.6 Å². The molecule has 1 aliphatic rings. The fraction of sp³-hybridized carbons (Fsp3) is 0.542. The molecule has 0 spiro atoms. The highest BCUT2D eigenvalue weighted by Crippen LogP contribution is 2.26. The molecular formula is C24H33N5O3S. The number of unbranched alkanes of at least 4 members (excludes halogenated alkanes) is 1. The first-order chi connectivity index (χ1) is 16.0. The lowest BCUT2D eigenvalue weighted by atomic mass is 10.0. The predicted molar refractivity (Wildman–Crippen MR) is 134 cm³/mol. The number of nitrogens with one attached hydrogen (secondary N) is 3. The van der Waals surface area contributed by atoms with Crippen LogP contribution in [-0.2, 0) is 11.3 Å². The van der Waals surface area contributed by atoms with Crippen molar-refractivity contribution in [2.45, 2.75) is 58.0 Å². The molecule has 0 saturated carbocycles. The highest BCUT2D eigenvalue weighted by atomic mass is 32.1. The number of carbonyl (C=O) groups is 1. The zero-order valence-electron chi connectivity index (χ0n) is 19.4. The molecule has 3 aromatic rings. The molecule has 8 nitrogen and oxygen atoms in total. The van der Waals surface area contributed by atoms with Crippen molar-refractivity contribution < 1.29 is 9.53 Å². The number of carbonyl (C=O) groups excluding carboxylic acids is 1. The first-order valence-corrected chi connectivity index (χ1v) is 12.2. The summed E-state index contributed by atoms with van der Waals surface area (Å²) in [7, 11) is 1.61. The number of ether oxygens (including phenoxy) is 1. The molecule has 1 atom stereocenters. The van der Waals surface area contributed by atoms with Crippen LogP contribution in [0.5, 0.6) is 5.75 Å². The van der Waals surface area contributed by atoms with E-state index >= 15 is 0 Å². The van der Waals surface area contributed by atoms with Crippen molar-refractivity contribution in [2.75, 3.05) is 26.7 Å². The van der Waals surface area contributed by atoms with Crippen LogP contribution < -0.4 is 15.6 Å². The largest absolute Gasteiger partial charge is 0.497 e. The normalized spacial score (nSPS) is 17.0. The first kappa shape index (κ1) is 23.5. The standard InChI is InChI=1S/C24H33N5O3S/c1-16-7-3-5-12-28(16)14-11-25-20(30)8-4-6-13-29-23(31)22-21(27-24(29)33)18-15-17(32-2)9-10-19(18)26-22/h9-10,15-16,26H,3-8,11-14H2,1-2H3,(H,25,30)(H,27,33)/t16-/m0/s1. The van der Waals surface area contributed by atoms with E-state index in [0.717, 1.165) is 29.7 Å². The highest BCUT2D eigenvalue weighted by Gasteiger charge is 2.17. The van der Waals surface area contributed by atoms with Crippen molar-refractivity contribution in [1.29, 1.82) is 0 Å². The van der Waals surface area contributed by atoms with E-state index in [2.05, 4.69) is 27.1 Å². The summed E-state index contributed by atoms with van der Waals surface area (Å²) in [6.07, 6.45) is 5.66. The van der Waals surface area contributed by atoms with Gasteiger partial charge in [0.25, 0.3) is 5.56 Å². The van der Waals surface area contributed by atoms with Gasteiger partial charge in [-0.25, -0.2) is 0 Å². The van der Waals surface area contributed by atoms with Crippen LogP contribution in [-0.4, -0.2) is 58.1 Å². The molecule has 178 valence electrons. The zero-order chi connectivity index (χ0) is 23.4. The number of fused-ring (bicyclic) bond motifs is 3. The summed E-state index contributed by atoms with van der Waals surface area (Å²) >= 11 is 5.47. The number of piperidine rings is 1. The van der Waals surface area contributed by atoms with E-state index in [9.17, 15) is 9.59 Å². The van der Waals surface area contributed by atoms with Crippen LogP contribution in [0.3, 0.4) is 0 Å². The second-order valence-corrected chi connectivity index (χ2v) is 9.25. The molecule has 0 aliphatic carbocycles. The van der Waals surface area contributed by atoms with Gasteiger partial charge in [-0.1, -0.05) is 6.42 Å². The van der Waals surface area contributed by atoms with Crippen molar-refractivity contribution in [3.63, 3.8) is 0 Å². The molecule has 0 unspecified atom stereocenters. The van der Waals surface area contributed by atoms with Crippen LogP contribution in [0.1, 0.15) is 45.4 Å². The Labute approximate surface area is 198 Å². The molecule has 0 bridgehead atoms. The minimum atomic E-state index is -0.149. The molecule has 0 radical (unpaired) electrons. The smallest absolute Gasteiger partial charge is 0.278 e. The van der Waals surface area contributed by atoms with Gasteiger partial charge in [0, 0.05) is 43.0 Å². The summed E-state index contributed by atoms with van der Waals surface area (Å²) in [5.74, 6) is 0.785. The van der Waals surface area contributed by atoms with Crippen LogP contribution in [0.15, 0.2) is 23.0 Å². The third-order valence-electron chi connectivity index (χ3n) is 6.64. The molecular weight excluding hydrogens is 438 g/mol. The predicted octanol–water partition coefficient (Wildman–Crippen LogP) is 3.71. The lowest BCUT2D eigenvalue weighted by Gasteiger charge is -2.33. The van der Waals surface area contributed by atoms with Gasteiger partial charge in [-0.3, -0.25) is 19.1 Å². The molecule has 1 fully saturated rings. The summed E-state index contributed by atoms with van der Waals surface area (Å²) in [6, 6.07) is 6.23. The number of methoxy groups -OCH3 is 1. The molecule has 9 heteroatoms.